The van der Waals surface area contributed by atoms with Crippen LogP contribution < -0.4 is 10.1 Å². The topological polar surface area (TPSA) is 21.3 Å². The van der Waals surface area contributed by atoms with E-state index in [9.17, 15) is 8.78 Å². The van der Waals surface area contributed by atoms with Gasteiger partial charge in [0.25, 0.3) is 6.43 Å². The molecule has 94 valence electrons. The molecule has 1 atom stereocenters. The number of benzene rings is 1. The second-order valence-electron chi connectivity index (χ2n) is 4.35. The van der Waals surface area contributed by atoms with E-state index in [4.69, 9.17) is 4.74 Å². The zero-order valence-corrected chi connectivity index (χ0v) is 9.88. The van der Waals surface area contributed by atoms with Crippen LogP contribution in [0.3, 0.4) is 0 Å². The summed E-state index contributed by atoms with van der Waals surface area (Å²) in [5.74, 6) is 0.987. The van der Waals surface area contributed by atoms with Crippen molar-refractivity contribution in [1.82, 2.24) is 5.32 Å². The fraction of sp³-hybridized carbons (Fsp3) is 0.538. The van der Waals surface area contributed by atoms with Gasteiger partial charge in [0.2, 0.25) is 0 Å². The smallest absolute Gasteiger partial charge is 0.263 e. The summed E-state index contributed by atoms with van der Waals surface area (Å²) in [4.78, 5) is 0. The van der Waals surface area contributed by atoms with Gasteiger partial charge in [0.05, 0.1) is 7.11 Å². The molecule has 2 nitrogen and oxygen atoms in total. The quantitative estimate of drug-likeness (QED) is 0.878. The van der Waals surface area contributed by atoms with E-state index >= 15 is 0 Å². The van der Waals surface area contributed by atoms with Gasteiger partial charge in [-0.25, -0.2) is 8.78 Å². The Kier molecular flexibility index (Phi) is 3.94. The van der Waals surface area contributed by atoms with Crippen LogP contribution in [0.15, 0.2) is 18.2 Å². The number of piperidine rings is 1. The van der Waals surface area contributed by atoms with E-state index < -0.39 is 6.43 Å². The number of halogens is 2. The maximum absolute atomic E-state index is 12.7. The van der Waals surface area contributed by atoms with Crippen LogP contribution in [0.5, 0.6) is 5.75 Å². The van der Waals surface area contributed by atoms with Crippen molar-refractivity contribution in [2.45, 2.75) is 25.2 Å². The molecule has 17 heavy (non-hydrogen) atoms. The molecule has 1 aromatic rings. The van der Waals surface area contributed by atoms with E-state index in [2.05, 4.69) is 5.32 Å². The Morgan fingerprint density at radius 3 is 2.82 bits per heavy atom. The molecule has 2 rings (SSSR count). The highest BCUT2D eigenvalue weighted by Gasteiger charge is 2.20. The lowest BCUT2D eigenvalue weighted by molar-refractivity contribution is 0.151. The highest BCUT2D eigenvalue weighted by atomic mass is 19.3. The molecule has 0 bridgehead atoms. The monoisotopic (exact) mass is 241 g/mol. The van der Waals surface area contributed by atoms with Crippen molar-refractivity contribution in [1.29, 1.82) is 0 Å². The Morgan fingerprint density at radius 2 is 2.24 bits per heavy atom. The molecule has 0 aliphatic carbocycles. The Balaban J connectivity index is 2.30. The lowest BCUT2D eigenvalue weighted by atomic mass is 9.90. The van der Waals surface area contributed by atoms with Gasteiger partial charge in [-0.1, -0.05) is 0 Å². The summed E-state index contributed by atoms with van der Waals surface area (Å²) in [7, 11) is 1.58. The van der Waals surface area contributed by atoms with Gasteiger partial charge in [0.15, 0.2) is 0 Å². The van der Waals surface area contributed by atoms with Gasteiger partial charge in [0, 0.05) is 18.0 Å². The highest BCUT2D eigenvalue weighted by Crippen LogP contribution is 2.34. The minimum absolute atomic E-state index is 0.0753. The predicted octanol–water partition coefficient (Wildman–Crippen LogP) is 3.10. The molecule has 1 N–H and O–H groups in total. The van der Waals surface area contributed by atoms with Gasteiger partial charge in [-0.15, -0.1) is 0 Å². The number of alkyl halides is 2. The summed E-state index contributed by atoms with van der Waals surface area (Å²) in [6.45, 7) is 1.84. The van der Waals surface area contributed by atoms with E-state index in [0.29, 0.717) is 5.75 Å². The molecule has 0 amide bonds. The van der Waals surface area contributed by atoms with Gasteiger partial charge in [-0.3, -0.25) is 0 Å². The van der Waals surface area contributed by atoms with Crippen molar-refractivity contribution in [2.24, 2.45) is 0 Å². The third-order valence-electron chi connectivity index (χ3n) is 3.24. The second kappa shape index (κ2) is 5.45. The molecule has 0 radical (unpaired) electrons. The van der Waals surface area contributed by atoms with Gasteiger partial charge in [-0.05, 0) is 43.1 Å². The van der Waals surface area contributed by atoms with Crippen molar-refractivity contribution in [3.8, 4) is 5.75 Å². The summed E-state index contributed by atoms with van der Waals surface area (Å²) >= 11 is 0. The minimum atomic E-state index is -2.42. The minimum Gasteiger partial charge on any atom is -0.496 e. The molecule has 1 aromatic carbocycles. The maximum atomic E-state index is 12.7. The second-order valence-corrected chi connectivity index (χ2v) is 4.35. The zero-order chi connectivity index (χ0) is 12.3. The lowest BCUT2D eigenvalue weighted by Gasteiger charge is -2.25. The van der Waals surface area contributed by atoms with Crippen molar-refractivity contribution in [2.75, 3.05) is 20.2 Å². The number of nitrogens with one attached hydrogen (secondary N) is 1. The standard InChI is InChI=1S/C13H17F2NO/c1-17-12-5-4-9(13(14)15)7-11(12)10-3-2-6-16-8-10/h4-5,7,10,13,16H,2-3,6,8H2,1H3. The Morgan fingerprint density at radius 1 is 1.41 bits per heavy atom. The first-order valence-electron chi connectivity index (χ1n) is 5.89. The summed E-state index contributed by atoms with van der Waals surface area (Å²) < 4.78 is 30.6. The first-order valence-corrected chi connectivity index (χ1v) is 5.89. The van der Waals surface area contributed by atoms with Crippen LogP contribution in [-0.2, 0) is 0 Å². The highest BCUT2D eigenvalue weighted by molar-refractivity contribution is 5.40. The van der Waals surface area contributed by atoms with Gasteiger partial charge < -0.3 is 10.1 Å². The first-order chi connectivity index (χ1) is 8.22. The zero-order valence-electron chi connectivity index (χ0n) is 9.88. The van der Waals surface area contributed by atoms with Gasteiger partial charge >= 0.3 is 0 Å². The van der Waals surface area contributed by atoms with E-state index in [1.54, 1.807) is 19.2 Å². The van der Waals surface area contributed by atoms with Crippen LogP contribution in [0.1, 0.15) is 36.3 Å². The molecule has 1 unspecified atom stereocenters. The number of hydrogen-bond acceptors (Lipinski definition) is 2. The van der Waals surface area contributed by atoms with Crippen molar-refractivity contribution >= 4 is 0 Å². The molecule has 1 saturated heterocycles. The fourth-order valence-electron chi connectivity index (χ4n) is 2.32. The molecule has 0 spiro atoms. The lowest BCUT2D eigenvalue weighted by Crippen LogP contribution is -2.28. The van der Waals surface area contributed by atoms with Crippen LogP contribution >= 0.6 is 0 Å². The summed E-state index contributed by atoms with van der Waals surface area (Å²) in [6, 6.07) is 4.66. The first kappa shape index (κ1) is 12.3. The van der Waals surface area contributed by atoms with Crippen LogP contribution in [0.2, 0.25) is 0 Å². The van der Waals surface area contributed by atoms with Crippen LogP contribution in [0.4, 0.5) is 8.78 Å². The Bertz CT molecular complexity index is 376. The molecule has 1 heterocycles. The van der Waals surface area contributed by atoms with Crippen LogP contribution in [-0.4, -0.2) is 20.2 Å². The van der Waals surface area contributed by atoms with Gasteiger partial charge in [-0.2, -0.15) is 0 Å². The van der Waals surface area contributed by atoms with E-state index in [0.717, 1.165) is 31.5 Å². The summed E-state index contributed by atoms with van der Waals surface area (Å²) in [6.07, 6.45) is -0.320. The molecule has 1 aliphatic heterocycles. The van der Waals surface area contributed by atoms with E-state index in [1.807, 2.05) is 0 Å². The summed E-state index contributed by atoms with van der Waals surface area (Å²) in [5, 5.41) is 3.29. The largest absolute Gasteiger partial charge is 0.496 e. The summed E-state index contributed by atoms with van der Waals surface area (Å²) in [5.41, 5.74) is 0.976. The van der Waals surface area contributed by atoms with Crippen molar-refractivity contribution < 1.29 is 13.5 Å². The Labute approximate surface area is 100.0 Å². The average Bonchev–Trinajstić information content (AvgIpc) is 2.39. The van der Waals surface area contributed by atoms with Crippen molar-refractivity contribution in [3.63, 3.8) is 0 Å². The van der Waals surface area contributed by atoms with Gasteiger partial charge in [0.1, 0.15) is 5.75 Å². The number of ether oxygens (including phenoxy) is 1. The molecule has 0 saturated carbocycles. The molecular formula is C13H17F2NO. The number of methoxy groups -OCH3 is 1. The predicted molar refractivity (Wildman–Crippen MR) is 62.8 cm³/mol. The third-order valence-corrected chi connectivity index (χ3v) is 3.24. The average molecular weight is 241 g/mol. The molecular weight excluding hydrogens is 224 g/mol. The molecule has 1 aliphatic rings. The Hall–Kier alpha value is -1.16. The number of rotatable bonds is 3. The van der Waals surface area contributed by atoms with Crippen molar-refractivity contribution in [3.05, 3.63) is 29.3 Å². The van der Waals surface area contributed by atoms with E-state index in [1.165, 1.54) is 6.07 Å². The normalized spacial score (nSPS) is 20.6. The number of hydrogen-bond donors (Lipinski definition) is 1. The fourth-order valence-corrected chi connectivity index (χ4v) is 2.32. The molecule has 1 fully saturated rings. The van der Waals surface area contributed by atoms with Crippen LogP contribution in [0, 0.1) is 0 Å². The maximum Gasteiger partial charge on any atom is 0.263 e. The molecule has 0 aromatic heterocycles. The molecule has 4 heteroatoms. The third kappa shape index (κ3) is 2.75. The van der Waals surface area contributed by atoms with Crippen LogP contribution in [0.25, 0.3) is 0 Å². The SMILES string of the molecule is COc1ccc(C(F)F)cc1C1CCCNC1. The van der Waals surface area contributed by atoms with E-state index in [-0.39, 0.29) is 11.5 Å².